The van der Waals surface area contributed by atoms with Gasteiger partial charge in [0.1, 0.15) is 0 Å². The van der Waals surface area contributed by atoms with Gasteiger partial charge in [-0.15, -0.1) is 0 Å². The minimum atomic E-state index is -0.204. The van der Waals surface area contributed by atoms with E-state index in [9.17, 15) is 10.4 Å². The molecule has 2 aromatic rings. The molecule has 0 aliphatic carbocycles. The molecular weight excluding hydrogens is 276 g/mol. The maximum absolute atomic E-state index is 9.30. The summed E-state index contributed by atoms with van der Waals surface area (Å²) in [7, 11) is 0. The summed E-state index contributed by atoms with van der Waals surface area (Å²) in [5.74, 6) is -0.408. The fraction of sp³-hybridized carbons (Fsp3) is 0.222. The molecule has 22 heavy (non-hydrogen) atoms. The van der Waals surface area contributed by atoms with Crippen molar-refractivity contribution in [3.8, 4) is 0 Å². The largest absolute Gasteiger partial charge is 0.411 e. The van der Waals surface area contributed by atoms with Gasteiger partial charge in [0.05, 0.1) is 11.4 Å². The number of rotatable bonds is 5. The third kappa shape index (κ3) is 3.34. The van der Waals surface area contributed by atoms with Crippen molar-refractivity contribution in [3.05, 3.63) is 71.8 Å². The van der Waals surface area contributed by atoms with E-state index in [4.69, 9.17) is 0 Å². The highest BCUT2D eigenvalue weighted by Crippen LogP contribution is 2.35. The van der Waals surface area contributed by atoms with E-state index in [0.717, 1.165) is 11.1 Å². The predicted molar refractivity (Wildman–Crippen MR) is 88.2 cm³/mol. The molecule has 2 rings (SSSR count). The molecule has 0 fully saturated rings. The van der Waals surface area contributed by atoms with Crippen LogP contribution in [0, 0.1) is 0 Å². The molecule has 114 valence electrons. The van der Waals surface area contributed by atoms with Crippen LogP contribution in [0.2, 0.25) is 0 Å². The second-order valence-electron chi connectivity index (χ2n) is 5.26. The third-order valence-corrected chi connectivity index (χ3v) is 3.87. The van der Waals surface area contributed by atoms with Gasteiger partial charge >= 0.3 is 0 Å². The fourth-order valence-electron chi connectivity index (χ4n) is 2.79. The SMILES string of the molecule is C/C(=N\O)C(c1ccccc1)C(/C(C)=N/O)c1ccccc1. The van der Waals surface area contributed by atoms with Gasteiger partial charge in [-0.1, -0.05) is 71.0 Å². The highest BCUT2D eigenvalue weighted by atomic mass is 16.4. The average molecular weight is 296 g/mol. The van der Waals surface area contributed by atoms with Crippen molar-refractivity contribution in [2.45, 2.75) is 25.7 Å². The number of hydrogen-bond acceptors (Lipinski definition) is 4. The standard InChI is InChI=1S/C18H20N2O2/c1-13(19-21)17(15-9-5-3-6-10-15)18(14(2)20-22)16-11-7-4-8-12-16/h3-12,17-18,21-22H,1-2H3/b19-13+,20-14+. The van der Waals surface area contributed by atoms with Crippen molar-refractivity contribution in [2.75, 3.05) is 0 Å². The summed E-state index contributed by atoms with van der Waals surface area (Å²) in [6.07, 6.45) is 0. The van der Waals surface area contributed by atoms with E-state index in [1.165, 1.54) is 0 Å². The van der Waals surface area contributed by atoms with E-state index in [1.54, 1.807) is 13.8 Å². The first kappa shape index (κ1) is 15.8. The zero-order valence-corrected chi connectivity index (χ0v) is 12.7. The quantitative estimate of drug-likeness (QED) is 0.492. The van der Waals surface area contributed by atoms with Crippen LogP contribution in [-0.2, 0) is 0 Å². The Morgan fingerprint density at radius 2 is 1.00 bits per heavy atom. The molecule has 4 nitrogen and oxygen atoms in total. The topological polar surface area (TPSA) is 65.2 Å². The lowest BCUT2D eigenvalue weighted by molar-refractivity contribution is 0.312. The summed E-state index contributed by atoms with van der Waals surface area (Å²) in [4.78, 5) is 0. The smallest absolute Gasteiger partial charge is 0.0624 e. The first-order valence-electron chi connectivity index (χ1n) is 7.16. The van der Waals surface area contributed by atoms with Gasteiger partial charge in [0, 0.05) is 11.8 Å². The number of hydrogen-bond donors (Lipinski definition) is 2. The number of benzene rings is 2. The molecule has 4 heteroatoms. The van der Waals surface area contributed by atoms with Crippen LogP contribution in [0.4, 0.5) is 0 Å². The Kier molecular flexibility index (Phi) is 5.31. The maximum atomic E-state index is 9.30. The minimum absolute atomic E-state index is 0.204. The summed E-state index contributed by atoms with van der Waals surface area (Å²) in [6.45, 7) is 3.55. The minimum Gasteiger partial charge on any atom is -0.411 e. The van der Waals surface area contributed by atoms with Crippen LogP contribution >= 0.6 is 0 Å². The molecule has 0 spiro atoms. The fourth-order valence-corrected chi connectivity index (χ4v) is 2.79. The molecule has 2 unspecified atom stereocenters. The summed E-state index contributed by atoms with van der Waals surface area (Å²) in [6, 6.07) is 19.6. The van der Waals surface area contributed by atoms with Gasteiger partial charge in [0.25, 0.3) is 0 Å². The average Bonchev–Trinajstić information content (AvgIpc) is 2.59. The van der Waals surface area contributed by atoms with Crippen LogP contribution < -0.4 is 0 Å². The first-order chi connectivity index (χ1) is 10.7. The zero-order valence-electron chi connectivity index (χ0n) is 12.7. The highest BCUT2D eigenvalue weighted by Gasteiger charge is 2.30. The maximum Gasteiger partial charge on any atom is 0.0624 e. The number of nitrogens with zero attached hydrogens (tertiary/aromatic N) is 2. The summed E-state index contributed by atoms with van der Waals surface area (Å²) >= 11 is 0. The molecule has 0 amide bonds. The van der Waals surface area contributed by atoms with E-state index in [0.29, 0.717) is 11.4 Å². The second kappa shape index (κ2) is 7.41. The van der Waals surface area contributed by atoms with Crippen molar-refractivity contribution in [1.29, 1.82) is 0 Å². The molecule has 0 bridgehead atoms. The van der Waals surface area contributed by atoms with Crippen molar-refractivity contribution >= 4 is 11.4 Å². The molecule has 0 saturated heterocycles. The summed E-state index contributed by atoms with van der Waals surface area (Å²) in [5.41, 5.74) is 3.16. The van der Waals surface area contributed by atoms with Gasteiger partial charge in [-0.05, 0) is 25.0 Å². The van der Waals surface area contributed by atoms with Crippen LogP contribution in [0.3, 0.4) is 0 Å². The third-order valence-electron chi connectivity index (χ3n) is 3.87. The van der Waals surface area contributed by atoms with Gasteiger partial charge < -0.3 is 10.4 Å². The van der Waals surface area contributed by atoms with Crippen molar-refractivity contribution < 1.29 is 10.4 Å². The lowest BCUT2D eigenvalue weighted by Gasteiger charge is -2.27. The predicted octanol–water partition coefficient (Wildman–Crippen LogP) is 4.25. The Morgan fingerprint density at radius 3 is 1.27 bits per heavy atom. The molecule has 0 radical (unpaired) electrons. The van der Waals surface area contributed by atoms with Crippen LogP contribution in [0.25, 0.3) is 0 Å². The molecule has 2 aromatic carbocycles. The Balaban J connectivity index is 2.59. The Bertz CT molecular complexity index is 592. The van der Waals surface area contributed by atoms with E-state index in [-0.39, 0.29) is 11.8 Å². The lowest BCUT2D eigenvalue weighted by atomic mass is 9.76. The lowest BCUT2D eigenvalue weighted by Crippen LogP contribution is -2.24. The highest BCUT2D eigenvalue weighted by molar-refractivity contribution is 5.99. The van der Waals surface area contributed by atoms with Crippen molar-refractivity contribution in [2.24, 2.45) is 10.3 Å². The van der Waals surface area contributed by atoms with Crippen LogP contribution in [0.1, 0.15) is 36.8 Å². The molecule has 0 heterocycles. The number of oxime groups is 2. The normalized spacial score (nSPS) is 15.4. The first-order valence-corrected chi connectivity index (χ1v) is 7.16. The van der Waals surface area contributed by atoms with Gasteiger partial charge in [0.15, 0.2) is 0 Å². The van der Waals surface area contributed by atoms with Crippen molar-refractivity contribution in [1.82, 2.24) is 0 Å². The van der Waals surface area contributed by atoms with Crippen molar-refractivity contribution in [3.63, 3.8) is 0 Å². The van der Waals surface area contributed by atoms with E-state index in [1.807, 2.05) is 60.7 Å². The zero-order chi connectivity index (χ0) is 15.9. The second-order valence-corrected chi connectivity index (χ2v) is 5.26. The molecule has 0 aliphatic heterocycles. The van der Waals surface area contributed by atoms with Gasteiger partial charge in [-0.3, -0.25) is 0 Å². The van der Waals surface area contributed by atoms with Crippen LogP contribution in [-0.4, -0.2) is 21.8 Å². The molecule has 0 aromatic heterocycles. The Hall–Kier alpha value is -2.62. The molecule has 2 N–H and O–H groups in total. The van der Waals surface area contributed by atoms with Crippen LogP contribution in [0.15, 0.2) is 71.0 Å². The Morgan fingerprint density at radius 1 is 0.682 bits per heavy atom. The van der Waals surface area contributed by atoms with Crippen LogP contribution in [0.5, 0.6) is 0 Å². The monoisotopic (exact) mass is 296 g/mol. The van der Waals surface area contributed by atoms with E-state index in [2.05, 4.69) is 10.3 Å². The Labute approximate surface area is 130 Å². The van der Waals surface area contributed by atoms with Gasteiger partial charge in [-0.25, -0.2) is 0 Å². The van der Waals surface area contributed by atoms with E-state index >= 15 is 0 Å². The molecule has 0 aliphatic rings. The molecular formula is C18H20N2O2. The summed E-state index contributed by atoms with van der Waals surface area (Å²) in [5, 5.41) is 25.4. The molecule has 2 atom stereocenters. The molecule has 0 saturated carbocycles. The summed E-state index contributed by atoms with van der Waals surface area (Å²) < 4.78 is 0. The van der Waals surface area contributed by atoms with Gasteiger partial charge in [-0.2, -0.15) is 0 Å². The van der Waals surface area contributed by atoms with Gasteiger partial charge in [0.2, 0.25) is 0 Å². The van der Waals surface area contributed by atoms with E-state index < -0.39 is 0 Å².